The zero-order valence-electron chi connectivity index (χ0n) is 11.8. The molecule has 0 aliphatic rings. The number of alkyl carbamates (subject to hydrolysis) is 1. The van der Waals surface area contributed by atoms with Crippen molar-refractivity contribution in [1.82, 2.24) is 19.9 Å². The average Bonchev–Trinajstić information content (AvgIpc) is 2.79. The van der Waals surface area contributed by atoms with Gasteiger partial charge in [-0.2, -0.15) is 5.10 Å². The number of aromatic nitrogens is 3. The van der Waals surface area contributed by atoms with Gasteiger partial charge in [0.05, 0.1) is 0 Å². The van der Waals surface area contributed by atoms with Gasteiger partial charge in [-0.3, -0.25) is 0 Å². The molecule has 2 aromatic heterocycles. The molecule has 2 rings (SSSR count). The van der Waals surface area contributed by atoms with Crippen LogP contribution in [0.25, 0.3) is 5.65 Å². The third kappa shape index (κ3) is 4.41. The Morgan fingerprint density at radius 2 is 2.25 bits per heavy atom. The second kappa shape index (κ2) is 6.13. The van der Waals surface area contributed by atoms with Gasteiger partial charge in [-0.05, 0) is 32.9 Å². The number of imidazole rings is 1. The normalized spacial score (nSPS) is 11.6. The number of ether oxygens (including phenoxy) is 1. The second-order valence-electron chi connectivity index (χ2n) is 5.18. The molecule has 1 N–H and O–H groups in total. The van der Waals surface area contributed by atoms with Crippen LogP contribution in [0.5, 0.6) is 0 Å². The summed E-state index contributed by atoms with van der Waals surface area (Å²) in [6.45, 7) is 6.05. The number of carbonyl (C=O) groups excluding carboxylic acids is 1. The van der Waals surface area contributed by atoms with Crippen molar-refractivity contribution < 1.29 is 9.53 Å². The summed E-state index contributed by atoms with van der Waals surface area (Å²) >= 11 is 1.57. The first-order valence-electron chi connectivity index (χ1n) is 6.34. The Balaban J connectivity index is 1.74. The van der Waals surface area contributed by atoms with Crippen molar-refractivity contribution in [3.63, 3.8) is 0 Å². The van der Waals surface area contributed by atoms with E-state index >= 15 is 0 Å². The average molecular weight is 294 g/mol. The molecule has 0 radical (unpaired) electrons. The minimum absolute atomic E-state index is 0.392. The molecule has 0 aliphatic heterocycles. The van der Waals surface area contributed by atoms with E-state index in [0.29, 0.717) is 6.54 Å². The van der Waals surface area contributed by atoms with Crippen molar-refractivity contribution in [2.45, 2.75) is 31.4 Å². The SMILES string of the molecule is CC(C)(C)OC(=O)NCCSc1ccc2nccn2n1. The first-order chi connectivity index (χ1) is 9.44. The number of nitrogens with one attached hydrogen (secondary N) is 1. The van der Waals surface area contributed by atoms with Crippen LogP contribution in [0.15, 0.2) is 29.6 Å². The Morgan fingerprint density at radius 3 is 3.00 bits per heavy atom. The van der Waals surface area contributed by atoms with E-state index in [4.69, 9.17) is 4.74 Å². The maximum absolute atomic E-state index is 11.4. The Kier molecular flexibility index (Phi) is 4.49. The van der Waals surface area contributed by atoms with Crippen LogP contribution in [0.4, 0.5) is 4.79 Å². The maximum atomic E-state index is 11.4. The summed E-state index contributed by atoms with van der Waals surface area (Å²) < 4.78 is 6.88. The van der Waals surface area contributed by atoms with Gasteiger partial charge in [0.1, 0.15) is 10.6 Å². The van der Waals surface area contributed by atoms with Crippen LogP contribution in [0.3, 0.4) is 0 Å². The number of hydrogen-bond acceptors (Lipinski definition) is 5. The lowest BCUT2D eigenvalue weighted by Gasteiger charge is -2.19. The van der Waals surface area contributed by atoms with E-state index in [1.807, 2.05) is 32.9 Å². The summed E-state index contributed by atoms with van der Waals surface area (Å²) in [5.74, 6) is 0.729. The Bertz CT molecular complexity index is 591. The van der Waals surface area contributed by atoms with Crippen LogP contribution >= 0.6 is 11.8 Å². The van der Waals surface area contributed by atoms with Gasteiger partial charge < -0.3 is 10.1 Å². The number of thioether (sulfide) groups is 1. The molecule has 7 heteroatoms. The van der Waals surface area contributed by atoms with Crippen molar-refractivity contribution in [2.75, 3.05) is 12.3 Å². The zero-order valence-corrected chi connectivity index (χ0v) is 12.6. The van der Waals surface area contributed by atoms with Crippen molar-refractivity contribution in [3.05, 3.63) is 24.5 Å². The zero-order chi connectivity index (χ0) is 14.6. The van der Waals surface area contributed by atoms with Crippen LogP contribution in [0, 0.1) is 0 Å². The lowest BCUT2D eigenvalue weighted by Crippen LogP contribution is -2.33. The highest BCUT2D eigenvalue weighted by atomic mass is 32.2. The minimum atomic E-state index is -0.467. The Labute approximate surface area is 121 Å². The maximum Gasteiger partial charge on any atom is 0.407 e. The molecule has 0 saturated carbocycles. The standard InChI is InChI=1S/C13H18N4O2S/c1-13(2,3)19-12(18)15-7-9-20-11-5-4-10-14-6-8-17(10)16-11/h4-6,8H,7,9H2,1-3H3,(H,15,18). The van der Waals surface area contributed by atoms with Crippen LogP contribution < -0.4 is 5.32 Å². The summed E-state index contributed by atoms with van der Waals surface area (Å²) in [6.07, 6.45) is 3.12. The molecule has 0 atom stereocenters. The second-order valence-corrected chi connectivity index (χ2v) is 6.29. The number of rotatable bonds is 4. The summed E-state index contributed by atoms with van der Waals surface area (Å²) in [5.41, 5.74) is 0.354. The van der Waals surface area contributed by atoms with Gasteiger partial charge >= 0.3 is 6.09 Å². The molecule has 108 valence electrons. The number of amides is 1. The van der Waals surface area contributed by atoms with E-state index in [1.165, 1.54) is 0 Å². The van der Waals surface area contributed by atoms with Gasteiger partial charge in [-0.15, -0.1) is 11.8 Å². The highest BCUT2D eigenvalue weighted by molar-refractivity contribution is 7.99. The molecule has 0 fully saturated rings. The van der Waals surface area contributed by atoms with Crippen molar-refractivity contribution >= 4 is 23.5 Å². The fraction of sp³-hybridized carbons (Fsp3) is 0.462. The van der Waals surface area contributed by atoms with E-state index in [1.54, 1.807) is 28.7 Å². The van der Waals surface area contributed by atoms with Crippen molar-refractivity contribution in [2.24, 2.45) is 0 Å². The van der Waals surface area contributed by atoms with E-state index in [9.17, 15) is 4.79 Å². The summed E-state index contributed by atoms with van der Waals surface area (Å²) in [7, 11) is 0. The molecule has 0 bridgehead atoms. The molecule has 0 aromatic carbocycles. The van der Waals surface area contributed by atoms with E-state index in [0.717, 1.165) is 16.4 Å². The molecule has 0 saturated heterocycles. The predicted octanol–water partition coefficient (Wildman–Crippen LogP) is 2.35. The van der Waals surface area contributed by atoms with Crippen molar-refractivity contribution in [1.29, 1.82) is 0 Å². The number of hydrogen-bond donors (Lipinski definition) is 1. The summed E-state index contributed by atoms with van der Waals surface area (Å²) in [5, 5.41) is 7.99. The van der Waals surface area contributed by atoms with Crippen LogP contribution in [-0.4, -0.2) is 38.6 Å². The molecule has 1 amide bonds. The van der Waals surface area contributed by atoms with Gasteiger partial charge in [0.25, 0.3) is 0 Å². The lowest BCUT2D eigenvalue weighted by atomic mass is 10.2. The molecular formula is C13H18N4O2S. The molecular weight excluding hydrogens is 276 g/mol. The summed E-state index contributed by atoms with van der Waals surface area (Å²) in [4.78, 5) is 15.6. The predicted molar refractivity (Wildman–Crippen MR) is 77.9 cm³/mol. The topological polar surface area (TPSA) is 68.5 Å². The van der Waals surface area contributed by atoms with E-state index in [2.05, 4.69) is 15.4 Å². The molecule has 6 nitrogen and oxygen atoms in total. The quantitative estimate of drug-likeness (QED) is 0.692. The van der Waals surface area contributed by atoms with Crippen LogP contribution in [-0.2, 0) is 4.74 Å². The highest BCUT2D eigenvalue weighted by Crippen LogP contribution is 2.14. The molecule has 20 heavy (non-hydrogen) atoms. The minimum Gasteiger partial charge on any atom is -0.444 e. The molecule has 0 aliphatic carbocycles. The third-order valence-corrected chi connectivity index (χ3v) is 3.17. The smallest absolute Gasteiger partial charge is 0.407 e. The summed E-state index contributed by atoms with van der Waals surface area (Å²) in [6, 6.07) is 3.83. The monoisotopic (exact) mass is 294 g/mol. The van der Waals surface area contributed by atoms with Crippen LogP contribution in [0.2, 0.25) is 0 Å². The first kappa shape index (κ1) is 14.6. The highest BCUT2D eigenvalue weighted by Gasteiger charge is 2.15. The Hall–Kier alpha value is -1.76. The number of fused-ring (bicyclic) bond motifs is 1. The first-order valence-corrected chi connectivity index (χ1v) is 7.33. The number of nitrogens with zero attached hydrogens (tertiary/aromatic N) is 3. The van der Waals surface area contributed by atoms with E-state index in [-0.39, 0.29) is 0 Å². The third-order valence-electron chi connectivity index (χ3n) is 2.25. The van der Waals surface area contributed by atoms with Gasteiger partial charge in [-0.1, -0.05) is 0 Å². The van der Waals surface area contributed by atoms with Gasteiger partial charge in [0.15, 0.2) is 5.65 Å². The van der Waals surface area contributed by atoms with Gasteiger partial charge in [-0.25, -0.2) is 14.3 Å². The molecule has 0 unspecified atom stereocenters. The molecule has 0 spiro atoms. The fourth-order valence-electron chi connectivity index (χ4n) is 1.50. The number of carbonyl (C=O) groups is 1. The van der Waals surface area contributed by atoms with Crippen molar-refractivity contribution in [3.8, 4) is 0 Å². The lowest BCUT2D eigenvalue weighted by molar-refractivity contribution is 0.0531. The van der Waals surface area contributed by atoms with E-state index < -0.39 is 11.7 Å². The Morgan fingerprint density at radius 1 is 1.45 bits per heavy atom. The van der Waals surface area contributed by atoms with Gasteiger partial charge in [0, 0.05) is 24.7 Å². The fourth-order valence-corrected chi connectivity index (χ4v) is 2.22. The van der Waals surface area contributed by atoms with Crippen LogP contribution in [0.1, 0.15) is 20.8 Å². The largest absolute Gasteiger partial charge is 0.444 e. The van der Waals surface area contributed by atoms with Gasteiger partial charge in [0.2, 0.25) is 0 Å². The molecule has 2 aromatic rings. The molecule has 2 heterocycles.